The normalized spacial score (nSPS) is 10.8. The van der Waals surface area contributed by atoms with E-state index in [4.69, 9.17) is 5.73 Å². The third-order valence-corrected chi connectivity index (χ3v) is 2.47. The summed E-state index contributed by atoms with van der Waals surface area (Å²) in [4.78, 5) is 14.3. The first-order valence-corrected chi connectivity index (χ1v) is 5.40. The molecule has 2 aromatic rings. The van der Waals surface area contributed by atoms with Crippen LogP contribution in [-0.4, -0.2) is 11.1 Å². The molecular formula is C13H10FN3O2. The highest BCUT2D eigenvalue weighted by Crippen LogP contribution is 2.22. The molecule has 6 heteroatoms. The molecule has 0 aliphatic rings. The zero-order valence-corrected chi connectivity index (χ0v) is 9.79. The molecule has 0 unspecified atom stereocenters. The summed E-state index contributed by atoms with van der Waals surface area (Å²) in [5.41, 5.74) is 6.49. The number of halogens is 1. The van der Waals surface area contributed by atoms with E-state index >= 15 is 0 Å². The van der Waals surface area contributed by atoms with Crippen molar-refractivity contribution in [3.8, 4) is 0 Å². The molecule has 0 aliphatic heterocycles. The zero-order chi connectivity index (χ0) is 13.8. The van der Waals surface area contributed by atoms with Crippen LogP contribution in [-0.2, 0) is 0 Å². The first-order chi connectivity index (χ1) is 9.08. The number of hydrogen-bond acceptors (Lipinski definition) is 4. The van der Waals surface area contributed by atoms with E-state index in [0.29, 0.717) is 11.4 Å². The van der Waals surface area contributed by atoms with E-state index < -0.39 is 10.7 Å². The fourth-order valence-electron chi connectivity index (χ4n) is 1.54. The standard InChI is InChI=1S/C13H10FN3O2/c14-10-5-6-13(17(18)19)9(7-10)8-16-12-4-2-1-3-11(12)15/h1-8H,15H2. The van der Waals surface area contributed by atoms with Crippen molar-refractivity contribution in [2.75, 3.05) is 5.73 Å². The Balaban J connectivity index is 2.41. The van der Waals surface area contributed by atoms with Gasteiger partial charge in [0.1, 0.15) is 5.82 Å². The van der Waals surface area contributed by atoms with Gasteiger partial charge in [-0.15, -0.1) is 0 Å². The van der Waals surface area contributed by atoms with Gasteiger partial charge in [0.25, 0.3) is 5.69 Å². The van der Waals surface area contributed by atoms with Crippen molar-refractivity contribution in [3.05, 3.63) is 64.0 Å². The number of benzene rings is 2. The molecule has 0 fully saturated rings. The number of nitrogens with zero attached hydrogens (tertiary/aromatic N) is 2. The maximum absolute atomic E-state index is 13.1. The highest BCUT2D eigenvalue weighted by molar-refractivity contribution is 5.88. The molecule has 0 saturated carbocycles. The number of hydrogen-bond donors (Lipinski definition) is 1. The van der Waals surface area contributed by atoms with Crippen molar-refractivity contribution >= 4 is 23.3 Å². The lowest BCUT2D eigenvalue weighted by atomic mass is 10.2. The highest BCUT2D eigenvalue weighted by Gasteiger charge is 2.12. The Bertz CT molecular complexity index is 656. The first kappa shape index (κ1) is 12.7. The van der Waals surface area contributed by atoms with Crippen LogP contribution in [0.3, 0.4) is 0 Å². The highest BCUT2D eigenvalue weighted by atomic mass is 19.1. The molecule has 0 aromatic heterocycles. The van der Waals surface area contributed by atoms with Crippen LogP contribution in [0.25, 0.3) is 0 Å². The lowest BCUT2D eigenvalue weighted by Gasteiger charge is -1.99. The number of nitrogen functional groups attached to an aromatic ring is 1. The lowest BCUT2D eigenvalue weighted by Crippen LogP contribution is -1.95. The summed E-state index contributed by atoms with van der Waals surface area (Å²) in [7, 11) is 0. The molecule has 0 aliphatic carbocycles. The molecule has 5 nitrogen and oxygen atoms in total. The average Bonchev–Trinajstić information content (AvgIpc) is 2.37. The Kier molecular flexibility index (Phi) is 3.51. The van der Waals surface area contributed by atoms with Gasteiger partial charge in [-0.1, -0.05) is 12.1 Å². The van der Waals surface area contributed by atoms with Gasteiger partial charge in [0.2, 0.25) is 0 Å². The van der Waals surface area contributed by atoms with Crippen molar-refractivity contribution < 1.29 is 9.31 Å². The molecule has 0 amide bonds. The van der Waals surface area contributed by atoms with Gasteiger partial charge in [-0.05, 0) is 24.3 Å². The second-order valence-electron chi connectivity index (χ2n) is 3.78. The Morgan fingerprint density at radius 3 is 2.68 bits per heavy atom. The zero-order valence-electron chi connectivity index (χ0n) is 9.79. The van der Waals surface area contributed by atoms with Crippen molar-refractivity contribution in [2.45, 2.75) is 0 Å². The number of aliphatic imine (C=N–C) groups is 1. The van der Waals surface area contributed by atoms with E-state index in [1.54, 1.807) is 24.3 Å². The molecule has 0 atom stereocenters. The topological polar surface area (TPSA) is 81.5 Å². The van der Waals surface area contributed by atoms with E-state index in [9.17, 15) is 14.5 Å². The number of para-hydroxylation sites is 2. The molecule has 2 rings (SSSR count). The lowest BCUT2D eigenvalue weighted by molar-refractivity contribution is -0.385. The number of rotatable bonds is 3. The SMILES string of the molecule is Nc1ccccc1N=Cc1cc(F)ccc1[N+](=O)[O-]. The van der Waals surface area contributed by atoms with Gasteiger partial charge in [0.05, 0.1) is 21.9 Å². The van der Waals surface area contributed by atoms with E-state index in [-0.39, 0.29) is 11.3 Å². The van der Waals surface area contributed by atoms with E-state index in [0.717, 1.165) is 18.2 Å². The second-order valence-corrected chi connectivity index (χ2v) is 3.78. The third kappa shape index (κ3) is 2.92. The largest absolute Gasteiger partial charge is 0.397 e. The Morgan fingerprint density at radius 2 is 2.00 bits per heavy atom. The Morgan fingerprint density at radius 1 is 1.26 bits per heavy atom. The van der Waals surface area contributed by atoms with Crippen molar-refractivity contribution in [1.82, 2.24) is 0 Å². The number of nitro benzene ring substituents is 1. The summed E-state index contributed by atoms with van der Waals surface area (Å²) in [5, 5.41) is 10.8. The number of anilines is 1. The Hall–Kier alpha value is -2.76. The average molecular weight is 259 g/mol. The maximum Gasteiger partial charge on any atom is 0.278 e. The van der Waals surface area contributed by atoms with Crippen LogP contribution in [0.15, 0.2) is 47.5 Å². The molecular weight excluding hydrogens is 249 g/mol. The smallest absolute Gasteiger partial charge is 0.278 e. The van der Waals surface area contributed by atoms with E-state index in [2.05, 4.69) is 4.99 Å². The summed E-state index contributed by atoms with van der Waals surface area (Å²) in [6, 6.07) is 10.0. The summed E-state index contributed by atoms with van der Waals surface area (Å²) in [5.74, 6) is -0.562. The number of nitro groups is 1. The minimum Gasteiger partial charge on any atom is -0.397 e. The molecule has 0 bridgehead atoms. The van der Waals surface area contributed by atoms with Crippen LogP contribution in [0, 0.1) is 15.9 Å². The molecule has 0 radical (unpaired) electrons. The van der Waals surface area contributed by atoms with Gasteiger partial charge >= 0.3 is 0 Å². The van der Waals surface area contributed by atoms with E-state index in [1.165, 1.54) is 6.21 Å². The van der Waals surface area contributed by atoms with Crippen molar-refractivity contribution in [3.63, 3.8) is 0 Å². The fourth-order valence-corrected chi connectivity index (χ4v) is 1.54. The van der Waals surface area contributed by atoms with Gasteiger partial charge in [-0.3, -0.25) is 15.1 Å². The van der Waals surface area contributed by atoms with E-state index in [1.807, 2.05) is 0 Å². The van der Waals surface area contributed by atoms with Crippen molar-refractivity contribution in [1.29, 1.82) is 0 Å². The molecule has 0 saturated heterocycles. The summed E-state index contributed by atoms with van der Waals surface area (Å²) in [6.45, 7) is 0. The van der Waals surface area contributed by atoms with Crippen LogP contribution >= 0.6 is 0 Å². The molecule has 2 N–H and O–H groups in total. The quantitative estimate of drug-likeness (QED) is 0.398. The van der Waals surface area contributed by atoms with Gasteiger partial charge in [-0.2, -0.15) is 0 Å². The second kappa shape index (κ2) is 5.26. The molecule has 0 spiro atoms. The molecule has 2 aromatic carbocycles. The molecule has 96 valence electrons. The van der Waals surface area contributed by atoms with Gasteiger partial charge in [-0.25, -0.2) is 4.39 Å². The van der Waals surface area contributed by atoms with Crippen LogP contribution < -0.4 is 5.73 Å². The monoisotopic (exact) mass is 259 g/mol. The summed E-state index contributed by atoms with van der Waals surface area (Å²) >= 11 is 0. The predicted molar refractivity (Wildman–Crippen MR) is 71.2 cm³/mol. The fraction of sp³-hybridized carbons (Fsp3) is 0. The third-order valence-electron chi connectivity index (χ3n) is 2.47. The van der Waals surface area contributed by atoms with Crippen LogP contribution in [0.1, 0.15) is 5.56 Å². The number of nitrogens with two attached hydrogens (primary N) is 1. The minimum atomic E-state index is -0.588. The van der Waals surface area contributed by atoms with Crippen LogP contribution in [0.4, 0.5) is 21.5 Å². The summed E-state index contributed by atoms with van der Waals surface area (Å²) < 4.78 is 13.1. The van der Waals surface area contributed by atoms with Gasteiger partial charge in [0, 0.05) is 12.3 Å². The van der Waals surface area contributed by atoms with Gasteiger partial charge in [0.15, 0.2) is 0 Å². The van der Waals surface area contributed by atoms with Crippen LogP contribution in [0.5, 0.6) is 0 Å². The maximum atomic E-state index is 13.1. The van der Waals surface area contributed by atoms with Crippen LogP contribution in [0.2, 0.25) is 0 Å². The predicted octanol–water partition coefficient (Wildman–Crippen LogP) is 3.07. The summed E-state index contributed by atoms with van der Waals surface area (Å²) in [6.07, 6.45) is 1.23. The molecule has 0 heterocycles. The molecule has 19 heavy (non-hydrogen) atoms. The van der Waals surface area contributed by atoms with Crippen molar-refractivity contribution in [2.24, 2.45) is 4.99 Å². The first-order valence-electron chi connectivity index (χ1n) is 5.40. The van der Waals surface area contributed by atoms with Gasteiger partial charge < -0.3 is 5.73 Å². The Labute approximate surface area is 108 Å². The minimum absolute atomic E-state index is 0.0910.